The number of amides is 2. The third kappa shape index (κ3) is 3.94. The van der Waals surface area contributed by atoms with E-state index in [4.69, 9.17) is 0 Å². The van der Waals surface area contributed by atoms with Crippen molar-refractivity contribution in [2.75, 3.05) is 11.9 Å². The highest BCUT2D eigenvalue weighted by Crippen LogP contribution is 2.42. The zero-order chi connectivity index (χ0) is 18.1. The number of nitrogens with zero attached hydrogens (tertiary/aromatic N) is 1. The van der Waals surface area contributed by atoms with Crippen LogP contribution in [-0.2, 0) is 9.59 Å². The summed E-state index contributed by atoms with van der Waals surface area (Å²) in [5.41, 5.74) is 1.30. The van der Waals surface area contributed by atoms with E-state index in [1.807, 2.05) is 6.92 Å². The first kappa shape index (κ1) is 17.3. The molecular weight excluding hydrogens is 330 g/mol. The van der Waals surface area contributed by atoms with Crippen molar-refractivity contribution < 1.29 is 18.4 Å². The number of hydrogen-bond donors (Lipinski definition) is 3. The fourth-order valence-corrected chi connectivity index (χ4v) is 3.00. The van der Waals surface area contributed by atoms with Gasteiger partial charge in [0.15, 0.2) is 0 Å². The second kappa shape index (κ2) is 6.42. The Morgan fingerprint density at radius 3 is 2.68 bits per heavy atom. The molecule has 0 atom stereocenters. The molecule has 25 heavy (non-hydrogen) atoms. The Hall–Kier alpha value is -2.51. The molecule has 3 rings (SSSR count). The molecule has 0 unspecified atom stereocenters. The molecule has 1 saturated carbocycles. The van der Waals surface area contributed by atoms with E-state index in [0.29, 0.717) is 24.0 Å². The van der Waals surface area contributed by atoms with Gasteiger partial charge in [0.1, 0.15) is 5.52 Å². The van der Waals surface area contributed by atoms with Gasteiger partial charge in [0, 0.05) is 31.8 Å². The normalized spacial score (nSPS) is 18.7. The van der Waals surface area contributed by atoms with Crippen LogP contribution in [0.3, 0.4) is 0 Å². The highest BCUT2D eigenvalue weighted by atomic mass is 19.3. The molecule has 134 valence electrons. The van der Waals surface area contributed by atoms with E-state index < -0.39 is 23.2 Å². The number of carbonyl (C=O) groups excluding carboxylic acids is 2. The van der Waals surface area contributed by atoms with Crippen LogP contribution >= 0.6 is 0 Å². The lowest BCUT2D eigenvalue weighted by Gasteiger charge is -2.37. The molecule has 1 aliphatic rings. The number of anilines is 1. The molecule has 0 aromatic carbocycles. The average Bonchev–Trinajstić information content (AvgIpc) is 2.99. The quantitative estimate of drug-likeness (QED) is 0.744. The Balaban J connectivity index is 1.55. The van der Waals surface area contributed by atoms with Gasteiger partial charge in [0.2, 0.25) is 5.92 Å². The number of alkyl halides is 2. The van der Waals surface area contributed by atoms with Gasteiger partial charge in [-0.2, -0.15) is 0 Å². The Labute approximate surface area is 143 Å². The summed E-state index contributed by atoms with van der Waals surface area (Å²) in [7, 11) is 0. The van der Waals surface area contributed by atoms with E-state index in [1.165, 1.54) is 0 Å². The van der Waals surface area contributed by atoms with E-state index in [0.717, 1.165) is 5.52 Å². The van der Waals surface area contributed by atoms with Gasteiger partial charge in [0.25, 0.3) is 0 Å². The van der Waals surface area contributed by atoms with Gasteiger partial charge in [0.05, 0.1) is 11.2 Å². The molecule has 2 aromatic rings. The first-order valence-corrected chi connectivity index (χ1v) is 8.17. The van der Waals surface area contributed by atoms with Gasteiger partial charge in [-0.3, -0.25) is 14.6 Å². The third-order valence-electron chi connectivity index (χ3n) is 4.75. The Kier molecular flexibility index (Phi) is 4.45. The van der Waals surface area contributed by atoms with Crippen LogP contribution in [0.25, 0.3) is 11.0 Å². The van der Waals surface area contributed by atoms with Crippen LogP contribution in [-0.4, -0.2) is 34.2 Å². The molecule has 1 fully saturated rings. The first-order chi connectivity index (χ1) is 11.8. The van der Waals surface area contributed by atoms with Gasteiger partial charge in [-0.05, 0) is 30.4 Å². The van der Waals surface area contributed by atoms with Gasteiger partial charge in [-0.25, -0.2) is 8.78 Å². The summed E-state index contributed by atoms with van der Waals surface area (Å²) in [6, 6.07) is 3.56. The van der Waals surface area contributed by atoms with Crippen LogP contribution in [0, 0.1) is 5.41 Å². The van der Waals surface area contributed by atoms with Gasteiger partial charge < -0.3 is 15.6 Å². The maximum Gasteiger partial charge on any atom is 0.313 e. The van der Waals surface area contributed by atoms with E-state index in [9.17, 15) is 18.4 Å². The molecule has 0 radical (unpaired) electrons. The van der Waals surface area contributed by atoms with E-state index in [1.54, 1.807) is 24.5 Å². The van der Waals surface area contributed by atoms with Crippen LogP contribution < -0.4 is 10.6 Å². The monoisotopic (exact) mass is 350 g/mol. The lowest BCUT2D eigenvalue weighted by Crippen LogP contribution is -2.44. The first-order valence-electron chi connectivity index (χ1n) is 8.17. The fourth-order valence-electron chi connectivity index (χ4n) is 3.00. The number of H-pyrrole nitrogens is 1. The summed E-state index contributed by atoms with van der Waals surface area (Å²) in [6.45, 7) is 2.05. The maximum absolute atomic E-state index is 13.3. The van der Waals surface area contributed by atoms with Gasteiger partial charge >= 0.3 is 11.8 Å². The minimum Gasteiger partial charge on any atom is -0.358 e. The standard InChI is InChI=1S/C17H20F2N4O2/c1-16(4-6-17(18,19)7-5-16)10-22-14(24)15(25)23-12-9-21-11-3-2-8-20-13(11)12/h2-3,8-9,21H,4-7,10H2,1H3,(H,22,24)(H,23,25). The van der Waals surface area contributed by atoms with E-state index >= 15 is 0 Å². The minimum atomic E-state index is -2.62. The zero-order valence-electron chi connectivity index (χ0n) is 13.9. The molecule has 0 spiro atoms. The summed E-state index contributed by atoms with van der Waals surface area (Å²) in [6.07, 6.45) is 3.40. The summed E-state index contributed by atoms with van der Waals surface area (Å²) in [4.78, 5) is 31.2. The SMILES string of the molecule is CC1(CNC(=O)C(=O)Nc2c[nH]c3cccnc23)CCC(F)(F)CC1. The molecule has 2 amide bonds. The number of aromatic nitrogens is 2. The highest BCUT2D eigenvalue weighted by Gasteiger charge is 2.40. The fraction of sp³-hybridized carbons (Fsp3) is 0.471. The highest BCUT2D eigenvalue weighted by molar-refractivity contribution is 6.40. The number of carbonyl (C=O) groups is 2. The molecule has 3 N–H and O–H groups in total. The average molecular weight is 350 g/mol. The van der Waals surface area contributed by atoms with Gasteiger partial charge in [-0.15, -0.1) is 0 Å². The summed E-state index contributed by atoms with van der Waals surface area (Å²) in [5, 5.41) is 5.07. The van der Waals surface area contributed by atoms with E-state index in [-0.39, 0.29) is 19.4 Å². The molecule has 0 bridgehead atoms. The van der Waals surface area contributed by atoms with Crippen molar-refractivity contribution in [3.63, 3.8) is 0 Å². The lowest BCUT2D eigenvalue weighted by molar-refractivity contribution is -0.136. The number of halogens is 2. The number of hydrogen-bond acceptors (Lipinski definition) is 3. The summed E-state index contributed by atoms with van der Waals surface area (Å²) in [5.74, 6) is -4.22. The van der Waals surface area contributed by atoms with Crippen LogP contribution in [0.15, 0.2) is 24.5 Å². The molecule has 0 aliphatic heterocycles. The molecule has 1 aliphatic carbocycles. The van der Waals surface area contributed by atoms with Crippen LogP contribution in [0.5, 0.6) is 0 Å². The van der Waals surface area contributed by atoms with Crippen LogP contribution in [0.4, 0.5) is 14.5 Å². The molecule has 0 saturated heterocycles. The number of pyridine rings is 1. The number of aromatic amines is 1. The number of rotatable bonds is 3. The second-order valence-corrected chi connectivity index (χ2v) is 6.91. The Morgan fingerprint density at radius 2 is 1.96 bits per heavy atom. The molecular formula is C17H20F2N4O2. The van der Waals surface area contributed by atoms with E-state index in [2.05, 4.69) is 20.6 Å². The van der Waals surface area contributed by atoms with Crippen molar-refractivity contribution >= 4 is 28.5 Å². The van der Waals surface area contributed by atoms with Crippen LogP contribution in [0.2, 0.25) is 0 Å². The molecule has 2 heterocycles. The number of nitrogens with one attached hydrogen (secondary N) is 3. The minimum absolute atomic E-state index is 0.188. The maximum atomic E-state index is 13.3. The lowest BCUT2D eigenvalue weighted by atomic mass is 9.74. The van der Waals surface area contributed by atoms with Crippen molar-refractivity contribution in [1.82, 2.24) is 15.3 Å². The summed E-state index contributed by atoms with van der Waals surface area (Å²) < 4.78 is 26.5. The van der Waals surface area contributed by atoms with Crippen molar-refractivity contribution in [3.05, 3.63) is 24.5 Å². The predicted octanol–water partition coefficient (Wildman–Crippen LogP) is 2.83. The van der Waals surface area contributed by atoms with Crippen molar-refractivity contribution in [1.29, 1.82) is 0 Å². The molecule has 8 heteroatoms. The zero-order valence-corrected chi connectivity index (χ0v) is 13.9. The van der Waals surface area contributed by atoms with Crippen molar-refractivity contribution in [3.8, 4) is 0 Å². The smallest absolute Gasteiger partial charge is 0.313 e. The van der Waals surface area contributed by atoms with Crippen LogP contribution in [0.1, 0.15) is 32.6 Å². The van der Waals surface area contributed by atoms with Crippen molar-refractivity contribution in [2.24, 2.45) is 5.41 Å². The van der Waals surface area contributed by atoms with Gasteiger partial charge in [-0.1, -0.05) is 6.92 Å². The number of fused-ring (bicyclic) bond motifs is 1. The third-order valence-corrected chi connectivity index (χ3v) is 4.75. The molecule has 6 nitrogen and oxygen atoms in total. The Bertz CT molecular complexity index is 793. The van der Waals surface area contributed by atoms with Crippen molar-refractivity contribution in [2.45, 2.75) is 38.5 Å². The Morgan fingerprint density at radius 1 is 1.24 bits per heavy atom. The molecule has 2 aromatic heterocycles. The predicted molar refractivity (Wildman–Crippen MR) is 89.3 cm³/mol. The largest absolute Gasteiger partial charge is 0.358 e. The topological polar surface area (TPSA) is 86.9 Å². The second-order valence-electron chi connectivity index (χ2n) is 6.91. The summed E-state index contributed by atoms with van der Waals surface area (Å²) >= 11 is 0.